The first-order valence-electron chi connectivity index (χ1n) is 5.84. The van der Waals surface area contributed by atoms with Crippen LogP contribution in [0.5, 0.6) is 5.75 Å². The van der Waals surface area contributed by atoms with Gasteiger partial charge in [-0.15, -0.1) is 11.3 Å². The summed E-state index contributed by atoms with van der Waals surface area (Å²) in [6.45, 7) is 1.88. The summed E-state index contributed by atoms with van der Waals surface area (Å²) in [6.07, 6.45) is -4.47. The topological polar surface area (TPSA) is 48.1 Å². The molecule has 3 nitrogen and oxygen atoms in total. The number of benzene rings is 1. The third-order valence-corrected chi connectivity index (χ3v) is 3.45. The van der Waals surface area contributed by atoms with Crippen LogP contribution in [-0.4, -0.2) is 4.98 Å². The Bertz CT molecular complexity index is 596. The van der Waals surface area contributed by atoms with E-state index in [1.54, 1.807) is 5.38 Å². The van der Waals surface area contributed by atoms with Crippen molar-refractivity contribution in [2.24, 2.45) is 5.73 Å². The Morgan fingerprint density at radius 2 is 2.10 bits per heavy atom. The predicted molar refractivity (Wildman–Crippen MR) is 70.5 cm³/mol. The van der Waals surface area contributed by atoms with Crippen molar-refractivity contribution < 1.29 is 17.9 Å². The first kappa shape index (κ1) is 14.8. The lowest BCUT2D eigenvalue weighted by Gasteiger charge is -2.14. The Hall–Kier alpha value is -1.60. The van der Waals surface area contributed by atoms with Crippen molar-refractivity contribution in [2.75, 3.05) is 0 Å². The summed E-state index contributed by atoms with van der Waals surface area (Å²) >= 11 is 1.43. The standard InChI is InChI=1S/C13H13F3N2OS/c1-8-18-10(7-20-8)6-19-12-3-2-9(5-17)4-11(12)13(14,15)16/h2-4,7H,5-6,17H2,1H3. The molecule has 1 heterocycles. The number of aryl methyl sites for hydroxylation is 1. The van der Waals surface area contributed by atoms with Gasteiger partial charge in [0.15, 0.2) is 0 Å². The summed E-state index contributed by atoms with van der Waals surface area (Å²) in [5, 5.41) is 2.61. The smallest absolute Gasteiger partial charge is 0.419 e. The van der Waals surface area contributed by atoms with Crippen LogP contribution in [0, 0.1) is 6.92 Å². The summed E-state index contributed by atoms with van der Waals surface area (Å²) in [5.74, 6) is -0.208. The predicted octanol–water partition coefficient (Wildman–Crippen LogP) is 3.51. The minimum Gasteiger partial charge on any atom is -0.487 e. The maximum absolute atomic E-state index is 13.0. The highest BCUT2D eigenvalue weighted by molar-refractivity contribution is 7.09. The molecule has 0 aliphatic carbocycles. The molecule has 0 aliphatic rings. The molecule has 0 saturated heterocycles. The second kappa shape index (κ2) is 5.80. The maximum Gasteiger partial charge on any atom is 0.419 e. The van der Waals surface area contributed by atoms with Gasteiger partial charge >= 0.3 is 6.18 Å². The average molecular weight is 302 g/mol. The highest BCUT2D eigenvalue weighted by atomic mass is 32.1. The molecule has 0 atom stereocenters. The highest BCUT2D eigenvalue weighted by Gasteiger charge is 2.34. The molecule has 2 N–H and O–H groups in total. The third-order valence-electron chi connectivity index (χ3n) is 2.63. The van der Waals surface area contributed by atoms with Crippen LogP contribution in [0.15, 0.2) is 23.6 Å². The Morgan fingerprint density at radius 3 is 2.65 bits per heavy atom. The van der Waals surface area contributed by atoms with Crippen molar-refractivity contribution >= 4 is 11.3 Å². The molecule has 0 radical (unpaired) electrons. The number of alkyl halides is 3. The first-order valence-corrected chi connectivity index (χ1v) is 6.72. The number of hydrogen-bond acceptors (Lipinski definition) is 4. The fourth-order valence-corrected chi connectivity index (χ4v) is 2.28. The average Bonchev–Trinajstić information content (AvgIpc) is 2.81. The normalized spacial score (nSPS) is 11.7. The van der Waals surface area contributed by atoms with Crippen molar-refractivity contribution in [1.29, 1.82) is 0 Å². The number of ether oxygens (including phenoxy) is 1. The minimum absolute atomic E-state index is 0.00932. The lowest BCUT2D eigenvalue weighted by molar-refractivity contribution is -0.139. The first-order chi connectivity index (χ1) is 9.40. The molecule has 7 heteroatoms. The number of rotatable bonds is 4. The van der Waals surface area contributed by atoms with E-state index in [-0.39, 0.29) is 18.9 Å². The van der Waals surface area contributed by atoms with E-state index in [4.69, 9.17) is 10.5 Å². The second-order valence-electron chi connectivity index (χ2n) is 4.18. The molecule has 0 aliphatic heterocycles. The van der Waals surface area contributed by atoms with Gasteiger partial charge in [0.1, 0.15) is 12.4 Å². The summed E-state index contributed by atoms with van der Waals surface area (Å²) in [7, 11) is 0. The van der Waals surface area contributed by atoms with E-state index in [0.29, 0.717) is 11.3 Å². The Balaban J connectivity index is 2.22. The van der Waals surface area contributed by atoms with E-state index >= 15 is 0 Å². The van der Waals surface area contributed by atoms with Crippen LogP contribution in [0.1, 0.15) is 21.8 Å². The number of halogens is 3. The number of nitrogens with zero attached hydrogens (tertiary/aromatic N) is 1. The van der Waals surface area contributed by atoms with Gasteiger partial charge in [0.05, 0.1) is 16.3 Å². The molecule has 0 saturated carbocycles. The fraction of sp³-hybridized carbons (Fsp3) is 0.308. The van der Waals surface area contributed by atoms with Crippen molar-refractivity contribution in [3.05, 3.63) is 45.4 Å². The van der Waals surface area contributed by atoms with Gasteiger partial charge < -0.3 is 10.5 Å². The van der Waals surface area contributed by atoms with Gasteiger partial charge in [-0.25, -0.2) is 4.98 Å². The molecule has 0 bridgehead atoms. The van der Waals surface area contributed by atoms with Gasteiger partial charge in [-0.3, -0.25) is 0 Å². The van der Waals surface area contributed by atoms with Crippen molar-refractivity contribution in [1.82, 2.24) is 4.98 Å². The SMILES string of the molecule is Cc1nc(COc2ccc(CN)cc2C(F)(F)F)cs1. The fourth-order valence-electron chi connectivity index (χ4n) is 1.68. The molecule has 2 aromatic rings. The summed E-state index contributed by atoms with van der Waals surface area (Å²) in [5.41, 5.74) is 5.58. The van der Waals surface area contributed by atoms with Gasteiger partial charge in [0.25, 0.3) is 0 Å². The van der Waals surface area contributed by atoms with Crippen molar-refractivity contribution in [3.63, 3.8) is 0 Å². The van der Waals surface area contributed by atoms with E-state index in [1.165, 1.54) is 23.5 Å². The molecule has 0 fully saturated rings. The van der Waals surface area contributed by atoms with Crippen molar-refractivity contribution in [3.8, 4) is 5.75 Å². The number of nitrogens with two attached hydrogens (primary N) is 1. The monoisotopic (exact) mass is 302 g/mol. The van der Waals surface area contributed by atoms with Crippen molar-refractivity contribution in [2.45, 2.75) is 26.3 Å². The number of hydrogen-bond donors (Lipinski definition) is 1. The minimum atomic E-state index is -4.47. The Kier molecular flexibility index (Phi) is 4.29. The van der Waals surface area contributed by atoms with E-state index < -0.39 is 11.7 Å². The van der Waals surface area contributed by atoms with Crippen LogP contribution < -0.4 is 10.5 Å². The molecule has 20 heavy (non-hydrogen) atoms. The maximum atomic E-state index is 13.0. The summed E-state index contributed by atoms with van der Waals surface area (Å²) in [6, 6.07) is 3.84. The largest absolute Gasteiger partial charge is 0.487 e. The van der Waals surface area contributed by atoms with Crippen LogP contribution in [0.4, 0.5) is 13.2 Å². The molecular formula is C13H13F3N2OS. The molecule has 1 aromatic heterocycles. The molecular weight excluding hydrogens is 289 g/mol. The van der Waals surface area contributed by atoms with E-state index in [1.807, 2.05) is 6.92 Å². The van der Waals surface area contributed by atoms with Gasteiger partial charge in [-0.05, 0) is 24.6 Å². The zero-order valence-electron chi connectivity index (χ0n) is 10.7. The van der Waals surface area contributed by atoms with Crippen LogP contribution >= 0.6 is 11.3 Å². The molecule has 1 aromatic carbocycles. The molecule has 0 unspecified atom stereocenters. The zero-order chi connectivity index (χ0) is 14.8. The van der Waals surface area contributed by atoms with Crippen LogP contribution in [0.3, 0.4) is 0 Å². The quantitative estimate of drug-likeness (QED) is 0.940. The van der Waals surface area contributed by atoms with E-state index in [0.717, 1.165) is 11.1 Å². The lowest BCUT2D eigenvalue weighted by Crippen LogP contribution is -2.10. The van der Waals surface area contributed by atoms with Crippen LogP contribution in [0.2, 0.25) is 0 Å². The van der Waals surface area contributed by atoms with Gasteiger partial charge in [-0.1, -0.05) is 6.07 Å². The van der Waals surface area contributed by atoms with Crippen LogP contribution in [-0.2, 0) is 19.3 Å². The second-order valence-corrected chi connectivity index (χ2v) is 5.24. The number of aromatic nitrogens is 1. The highest BCUT2D eigenvalue weighted by Crippen LogP contribution is 2.37. The number of thiazole rings is 1. The summed E-state index contributed by atoms with van der Waals surface area (Å²) < 4.78 is 44.1. The molecule has 0 amide bonds. The van der Waals surface area contributed by atoms with E-state index in [2.05, 4.69) is 4.98 Å². The molecule has 0 spiro atoms. The third kappa shape index (κ3) is 3.49. The van der Waals surface area contributed by atoms with Crippen LogP contribution in [0.25, 0.3) is 0 Å². The zero-order valence-corrected chi connectivity index (χ0v) is 11.5. The Labute approximate surface area is 118 Å². The summed E-state index contributed by atoms with van der Waals surface area (Å²) in [4.78, 5) is 4.14. The van der Waals surface area contributed by atoms with E-state index in [9.17, 15) is 13.2 Å². The molecule has 108 valence electrons. The van der Waals surface area contributed by atoms with Gasteiger partial charge in [0.2, 0.25) is 0 Å². The lowest BCUT2D eigenvalue weighted by atomic mass is 10.1. The molecule has 2 rings (SSSR count). The van der Waals surface area contributed by atoms with Gasteiger partial charge in [0, 0.05) is 11.9 Å². The van der Waals surface area contributed by atoms with Gasteiger partial charge in [-0.2, -0.15) is 13.2 Å². The Morgan fingerprint density at radius 1 is 1.35 bits per heavy atom.